The van der Waals surface area contributed by atoms with Crippen LogP contribution in [-0.2, 0) is 16.4 Å². The summed E-state index contributed by atoms with van der Waals surface area (Å²) < 4.78 is 76.9. The normalized spacial score (nSPS) is 18.9. The minimum Gasteiger partial charge on any atom is -0.476 e. The lowest BCUT2D eigenvalue weighted by molar-refractivity contribution is -0.219. The van der Waals surface area contributed by atoms with Gasteiger partial charge in [-0.25, -0.2) is 19.6 Å². The molecule has 0 radical (unpaired) electrons. The van der Waals surface area contributed by atoms with E-state index in [1.807, 2.05) is 30.3 Å². The van der Waals surface area contributed by atoms with Crippen LogP contribution < -0.4 is 19.7 Å². The van der Waals surface area contributed by atoms with Gasteiger partial charge in [0.1, 0.15) is 18.1 Å². The van der Waals surface area contributed by atoms with Gasteiger partial charge in [-0.1, -0.05) is 43.2 Å². The van der Waals surface area contributed by atoms with Gasteiger partial charge in [0.2, 0.25) is 5.88 Å². The number of halogens is 3. The maximum absolute atomic E-state index is 13.7. The molecule has 0 spiro atoms. The molecule has 256 valence electrons. The Morgan fingerprint density at radius 2 is 1.81 bits per heavy atom. The Balaban J connectivity index is 1.37. The molecule has 0 amide bonds. The van der Waals surface area contributed by atoms with Gasteiger partial charge < -0.3 is 15.0 Å². The maximum atomic E-state index is 13.7. The number of sulfonamides is 1. The van der Waals surface area contributed by atoms with Crippen molar-refractivity contribution in [2.45, 2.75) is 69.6 Å². The van der Waals surface area contributed by atoms with Crippen molar-refractivity contribution in [2.75, 3.05) is 35.9 Å². The number of benzene rings is 1. The van der Waals surface area contributed by atoms with E-state index in [0.717, 1.165) is 83.1 Å². The molecule has 4 aromatic rings. The molecule has 11 nitrogen and oxygen atoms in total. The summed E-state index contributed by atoms with van der Waals surface area (Å²) in [4.78, 5) is 16.1. The summed E-state index contributed by atoms with van der Waals surface area (Å²) in [6.45, 7) is 3.98. The van der Waals surface area contributed by atoms with Gasteiger partial charge in [0.25, 0.3) is 10.0 Å². The predicted molar refractivity (Wildman–Crippen MR) is 176 cm³/mol. The number of anilines is 2. The molecule has 2 aliphatic heterocycles. The van der Waals surface area contributed by atoms with E-state index < -0.39 is 28.2 Å². The third-order valence-corrected chi connectivity index (χ3v) is 10.00. The Labute approximate surface area is 278 Å². The topological polar surface area (TPSA) is 127 Å². The predicted octanol–water partition coefficient (Wildman–Crippen LogP) is 5.78. The van der Waals surface area contributed by atoms with Gasteiger partial charge in [-0.3, -0.25) is 4.72 Å². The molecule has 1 saturated heterocycles. The SMILES string of the molecule is CC(C)(COc1ccn(-c2ncc3nc2-c2ccccc2CCCCCCN(C2CCNC2)c2cccc(n2)S(=O)(=O)N3)n1)C(F)(F)F. The first-order chi connectivity index (χ1) is 22.9. The second kappa shape index (κ2) is 13.7. The third kappa shape index (κ3) is 7.41. The molecule has 48 heavy (non-hydrogen) atoms. The van der Waals surface area contributed by atoms with Gasteiger partial charge in [0.15, 0.2) is 16.7 Å². The van der Waals surface area contributed by atoms with Crippen LogP contribution in [0.25, 0.3) is 17.1 Å². The van der Waals surface area contributed by atoms with E-state index in [1.54, 1.807) is 6.07 Å². The summed E-state index contributed by atoms with van der Waals surface area (Å²) in [6, 6.07) is 14.4. The number of aromatic nitrogens is 5. The number of hydrogen-bond donors (Lipinski definition) is 2. The Bertz CT molecular complexity index is 1840. The molecule has 5 heterocycles. The smallest absolute Gasteiger partial charge is 0.397 e. The number of hydrogen-bond acceptors (Lipinski definition) is 9. The van der Waals surface area contributed by atoms with E-state index in [0.29, 0.717) is 11.5 Å². The number of ether oxygens (including phenoxy) is 1. The largest absolute Gasteiger partial charge is 0.476 e. The number of nitrogens with zero attached hydrogens (tertiary/aromatic N) is 6. The van der Waals surface area contributed by atoms with E-state index in [-0.39, 0.29) is 28.6 Å². The highest BCUT2D eigenvalue weighted by atomic mass is 32.2. The number of fused-ring (bicyclic) bond motifs is 6. The molecule has 3 aromatic heterocycles. The summed E-state index contributed by atoms with van der Waals surface area (Å²) in [7, 11) is -4.16. The fourth-order valence-electron chi connectivity index (χ4n) is 5.83. The van der Waals surface area contributed by atoms with Crippen molar-refractivity contribution < 1.29 is 26.3 Å². The molecule has 0 aliphatic carbocycles. The molecule has 2 N–H and O–H groups in total. The lowest BCUT2D eigenvalue weighted by Crippen LogP contribution is -2.38. The van der Waals surface area contributed by atoms with Gasteiger partial charge in [-0.2, -0.15) is 21.6 Å². The zero-order chi connectivity index (χ0) is 33.9. The van der Waals surface area contributed by atoms with Crippen LogP contribution in [0.15, 0.2) is 66.0 Å². The van der Waals surface area contributed by atoms with Crippen molar-refractivity contribution in [1.29, 1.82) is 0 Å². The molecule has 6 rings (SSSR count). The fraction of sp³-hybridized carbons (Fsp3) is 0.455. The van der Waals surface area contributed by atoms with E-state index in [2.05, 4.69) is 30.0 Å². The molecule has 2 aliphatic rings. The van der Waals surface area contributed by atoms with Crippen LogP contribution in [0.3, 0.4) is 0 Å². The van der Waals surface area contributed by atoms with Crippen LogP contribution in [0, 0.1) is 5.41 Å². The van der Waals surface area contributed by atoms with Crippen molar-refractivity contribution >= 4 is 21.7 Å². The van der Waals surface area contributed by atoms with Crippen LogP contribution in [0.2, 0.25) is 0 Å². The van der Waals surface area contributed by atoms with Crippen LogP contribution in [0.1, 0.15) is 51.5 Å². The first-order valence-electron chi connectivity index (χ1n) is 16.1. The summed E-state index contributed by atoms with van der Waals surface area (Å²) >= 11 is 0. The van der Waals surface area contributed by atoms with Crippen molar-refractivity contribution in [3.63, 3.8) is 0 Å². The second-order valence-electron chi connectivity index (χ2n) is 12.8. The molecule has 4 bridgehead atoms. The molecular weight excluding hydrogens is 645 g/mol. The molecule has 1 fully saturated rings. The Hall–Kier alpha value is -4.24. The van der Waals surface area contributed by atoms with Crippen molar-refractivity contribution in [3.05, 3.63) is 66.5 Å². The summed E-state index contributed by atoms with van der Waals surface area (Å²) in [5.41, 5.74) is 0.00259. The highest BCUT2D eigenvalue weighted by molar-refractivity contribution is 7.92. The van der Waals surface area contributed by atoms with Crippen molar-refractivity contribution in [1.82, 2.24) is 30.0 Å². The van der Waals surface area contributed by atoms with Crippen molar-refractivity contribution in [3.8, 4) is 23.0 Å². The fourth-order valence-corrected chi connectivity index (χ4v) is 6.78. The van der Waals surface area contributed by atoms with E-state index >= 15 is 0 Å². The first-order valence-corrected chi connectivity index (χ1v) is 17.6. The van der Waals surface area contributed by atoms with Gasteiger partial charge in [-0.05, 0) is 63.8 Å². The number of alkyl halides is 3. The summed E-state index contributed by atoms with van der Waals surface area (Å²) in [5.74, 6) is 0.833. The van der Waals surface area contributed by atoms with E-state index in [4.69, 9.17) is 9.72 Å². The summed E-state index contributed by atoms with van der Waals surface area (Å²) in [6.07, 6.45) is 3.92. The highest BCUT2D eigenvalue weighted by Crippen LogP contribution is 2.38. The molecule has 1 aromatic carbocycles. The number of nitrogens with one attached hydrogen (secondary N) is 2. The number of pyridine rings is 1. The minimum atomic E-state index is -4.46. The Kier molecular flexibility index (Phi) is 9.61. The van der Waals surface area contributed by atoms with Gasteiger partial charge in [0, 0.05) is 37.0 Å². The highest BCUT2D eigenvalue weighted by Gasteiger charge is 2.48. The van der Waals surface area contributed by atoms with Crippen LogP contribution in [0.5, 0.6) is 5.88 Å². The Morgan fingerprint density at radius 1 is 1.00 bits per heavy atom. The molecule has 15 heteroatoms. The maximum Gasteiger partial charge on any atom is 0.397 e. The average molecular weight is 685 g/mol. The van der Waals surface area contributed by atoms with Crippen LogP contribution in [0.4, 0.5) is 24.8 Å². The minimum absolute atomic E-state index is 0.0166. The summed E-state index contributed by atoms with van der Waals surface area (Å²) in [5, 5.41) is 7.61. The zero-order valence-electron chi connectivity index (χ0n) is 26.9. The standard InChI is InChI=1S/C33H39F3N8O3S/c1-32(2,33(34,35)36)22-47-28-16-19-44(41-28)31-30-25-12-7-6-11-23(25)10-5-3-4-8-18-43(24-15-17-37-20-24)27-13-9-14-29(40-27)48(45,46)42-26(39-30)21-38-31/h6-7,9,11-14,16,19,21,24,37H,3-5,8,10,15,17-18,20,22H2,1-2H3,(H,39,42). The van der Waals surface area contributed by atoms with Crippen LogP contribution >= 0.6 is 0 Å². The van der Waals surface area contributed by atoms with E-state index in [1.165, 1.54) is 29.2 Å². The quantitative estimate of drug-likeness (QED) is 0.269. The van der Waals surface area contributed by atoms with Gasteiger partial charge >= 0.3 is 6.18 Å². The number of rotatable bonds is 5. The van der Waals surface area contributed by atoms with Crippen molar-refractivity contribution in [2.24, 2.45) is 5.41 Å². The zero-order valence-corrected chi connectivity index (χ0v) is 27.7. The lowest BCUT2D eigenvalue weighted by atomic mass is 9.94. The van der Waals surface area contributed by atoms with Gasteiger partial charge in [0.05, 0.1) is 11.6 Å². The van der Waals surface area contributed by atoms with Crippen LogP contribution in [-0.4, -0.2) is 71.6 Å². The molecule has 0 saturated carbocycles. The average Bonchev–Trinajstić information content (AvgIpc) is 3.76. The first kappa shape index (κ1) is 33.7. The molecular formula is C33H39F3N8O3S. The third-order valence-electron chi connectivity index (χ3n) is 8.74. The van der Waals surface area contributed by atoms with E-state index in [9.17, 15) is 21.6 Å². The lowest BCUT2D eigenvalue weighted by Gasteiger charge is -2.30. The molecule has 1 atom stereocenters. The Morgan fingerprint density at radius 3 is 2.60 bits per heavy atom. The van der Waals surface area contributed by atoms with Gasteiger partial charge in [-0.15, -0.1) is 5.10 Å². The monoisotopic (exact) mass is 684 g/mol. The number of aryl methyl sites for hydroxylation is 1. The second-order valence-corrected chi connectivity index (χ2v) is 14.4. The molecule has 1 unspecified atom stereocenters.